The Bertz CT molecular complexity index is 650. The van der Waals surface area contributed by atoms with Crippen molar-refractivity contribution in [2.45, 2.75) is 41.0 Å². The minimum atomic E-state index is 0.0845. The zero-order valence-corrected chi connectivity index (χ0v) is 14.9. The topological polar surface area (TPSA) is 20.3 Å². The van der Waals surface area contributed by atoms with Gasteiger partial charge in [0, 0.05) is 17.8 Å². The molecule has 0 N–H and O–H groups in total. The fourth-order valence-corrected chi connectivity index (χ4v) is 3.04. The average molecular weight is 309 g/mol. The molecular weight excluding hydrogens is 282 g/mol. The first-order valence-corrected chi connectivity index (χ1v) is 8.35. The lowest BCUT2D eigenvalue weighted by Crippen LogP contribution is -2.33. The summed E-state index contributed by atoms with van der Waals surface area (Å²) < 4.78 is 0. The van der Waals surface area contributed by atoms with Gasteiger partial charge in [0.25, 0.3) is 5.91 Å². The Kier molecular flexibility index (Phi) is 5.59. The molecule has 0 aromatic heterocycles. The van der Waals surface area contributed by atoms with Gasteiger partial charge in [-0.15, -0.1) is 0 Å². The second-order valence-electron chi connectivity index (χ2n) is 6.75. The summed E-state index contributed by atoms with van der Waals surface area (Å²) in [6.45, 7) is 11.4. The molecule has 2 heteroatoms. The number of nitrogens with zero attached hydrogens (tertiary/aromatic N) is 1. The quantitative estimate of drug-likeness (QED) is 0.733. The number of carbonyl (C=O) groups is 1. The van der Waals surface area contributed by atoms with Crippen molar-refractivity contribution in [3.8, 4) is 0 Å². The van der Waals surface area contributed by atoms with Crippen molar-refractivity contribution in [2.24, 2.45) is 5.92 Å². The van der Waals surface area contributed by atoms with E-state index < -0.39 is 0 Å². The van der Waals surface area contributed by atoms with Gasteiger partial charge in [-0.3, -0.25) is 4.79 Å². The molecular formula is C21H27NO. The van der Waals surface area contributed by atoms with Gasteiger partial charge < -0.3 is 4.90 Å². The third-order valence-corrected chi connectivity index (χ3v) is 4.10. The second-order valence-corrected chi connectivity index (χ2v) is 6.75. The molecule has 0 aliphatic heterocycles. The molecule has 23 heavy (non-hydrogen) atoms. The summed E-state index contributed by atoms with van der Waals surface area (Å²) >= 11 is 0. The molecule has 1 amide bonds. The molecule has 0 saturated carbocycles. The molecule has 0 spiro atoms. The van der Waals surface area contributed by atoms with Gasteiger partial charge in [0.2, 0.25) is 0 Å². The van der Waals surface area contributed by atoms with E-state index in [1.165, 1.54) is 5.56 Å². The van der Waals surface area contributed by atoms with Crippen molar-refractivity contribution in [1.29, 1.82) is 0 Å². The van der Waals surface area contributed by atoms with Crippen LogP contribution in [0, 0.1) is 26.7 Å². The standard InChI is InChI=1S/C21H27NO/c1-15(2)11-12-22(21(23)19-9-7-6-8-10-19)20-17(4)13-16(3)14-18(20)5/h6-10,13-15H,11-12H2,1-5H3. The Morgan fingerprint density at radius 3 is 2.09 bits per heavy atom. The predicted octanol–water partition coefficient (Wildman–Crippen LogP) is 5.30. The van der Waals surface area contributed by atoms with Crippen LogP contribution in [0.3, 0.4) is 0 Å². The summed E-state index contributed by atoms with van der Waals surface area (Å²) in [7, 11) is 0. The minimum absolute atomic E-state index is 0.0845. The molecule has 0 heterocycles. The summed E-state index contributed by atoms with van der Waals surface area (Å²) in [5.41, 5.74) is 5.37. The molecule has 2 rings (SSSR count). The summed E-state index contributed by atoms with van der Waals surface area (Å²) in [6.07, 6.45) is 0.991. The van der Waals surface area contributed by atoms with Crippen molar-refractivity contribution >= 4 is 11.6 Å². The second kappa shape index (κ2) is 7.45. The summed E-state index contributed by atoms with van der Waals surface area (Å²) in [5, 5.41) is 0. The van der Waals surface area contributed by atoms with Crippen LogP contribution < -0.4 is 4.90 Å². The highest BCUT2D eigenvalue weighted by Gasteiger charge is 2.21. The van der Waals surface area contributed by atoms with Crippen LogP contribution in [0.5, 0.6) is 0 Å². The zero-order chi connectivity index (χ0) is 17.0. The maximum atomic E-state index is 13.1. The van der Waals surface area contributed by atoms with Crippen LogP contribution in [-0.4, -0.2) is 12.5 Å². The lowest BCUT2D eigenvalue weighted by molar-refractivity contribution is 0.0985. The molecule has 2 aromatic rings. The Balaban J connectivity index is 2.44. The lowest BCUT2D eigenvalue weighted by atomic mass is 10.0. The minimum Gasteiger partial charge on any atom is -0.308 e. The van der Waals surface area contributed by atoms with E-state index in [1.807, 2.05) is 35.2 Å². The summed E-state index contributed by atoms with van der Waals surface area (Å²) in [5.74, 6) is 0.647. The molecule has 2 aromatic carbocycles. The van der Waals surface area contributed by atoms with Gasteiger partial charge in [0.15, 0.2) is 0 Å². The fraction of sp³-hybridized carbons (Fsp3) is 0.381. The molecule has 122 valence electrons. The predicted molar refractivity (Wildman–Crippen MR) is 98.2 cm³/mol. The number of carbonyl (C=O) groups excluding carboxylic acids is 1. The maximum absolute atomic E-state index is 13.1. The first kappa shape index (κ1) is 17.3. The van der Waals surface area contributed by atoms with Gasteiger partial charge in [0.1, 0.15) is 0 Å². The van der Waals surface area contributed by atoms with Crippen LogP contribution in [0.2, 0.25) is 0 Å². The molecule has 0 fully saturated rings. The molecule has 0 saturated heterocycles. The fourth-order valence-electron chi connectivity index (χ4n) is 3.04. The van der Waals surface area contributed by atoms with Crippen molar-refractivity contribution in [3.05, 3.63) is 64.7 Å². The molecule has 0 unspecified atom stereocenters. The number of anilines is 1. The first-order valence-electron chi connectivity index (χ1n) is 8.35. The monoisotopic (exact) mass is 309 g/mol. The number of benzene rings is 2. The van der Waals surface area contributed by atoms with E-state index in [2.05, 4.69) is 46.8 Å². The van der Waals surface area contributed by atoms with Crippen LogP contribution in [0.1, 0.15) is 47.3 Å². The van der Waals surface area contributed by atoms with E-state index in [1.54, 1.807) is 0 Å². The van der Waals surface area contributed by atoms with Crippen LogP contribution in [0.25, 0.3) is 0 Å². The number of hydrogen-bond donors (Lipinski definition) is 0. The average Bonchev–Trinajstić information content (AvgIpc) is 2.49. The van der Waals surface area contributed by atoms with Crippen molar-refractivity contribution in [1.82, 2.24) is 0 Å². The smallest absolute Gasteiger partial charge is 0.258 e. The van der Waals surface area contributed by atoms with E-state index in [0.29, 0.717) is 5.92 Å². The van der Waals surface area contributed by atoms with Gasteiger partial charge in [-0.25, -0.2) is 0 Å². The highest BCUT2D eigenvalue weighted by molar-refractivity contribution is 6.06. The van der Waals surface area contributed by atoms with Crippen LogP contribution in [0.4, 0.5) is 5.69 Å². The molecule has 0 atom stereocenters. The van der Waals surface area contributed by atoms with E-state index in [-0.39, 0.29) is 5.91 Å². The normalized spacial score (nSPS) is 10.9. The Labute approximate surface area is 140 Å². The van der Waals surface area contributed by atoms with Crippen molar-refractivity contribution < 1.29 is 4.79 Å². The number of rotatable bonds is 5. The molecule has 2 nitrogen and oxygen atoms in total. The summed E-state index contributed by atoms with van der Waals surface area (Å²) in [4.78, 5) is 15.0. The van der Waals surface area contributed by atoms with Crippen LogP contribution in [-0.2, 0) is 0 Å². The first-order chi connectivity index (χ1) is 10.9. The Hall–Kier alpha value is -2.09. The SMILES string of the molecule is Cc1cc(C)c(N(CCC(C)C)C(=O)c2ccccc2)c(C)c1. The number of aryl methyl sites for hydroxylation is 3. The molecule has 0 radical (unpaired) electrons. The van der Waals surface area contributed by atoms with Gasteiger partial charge in [-0.05, 0) is 56.4 Å². The maximum Gasteiger partial charge on any atom is 0.258 e. The third-order valence-electron chi connectivity index (χ3n) is 4.10. The van der Waals surface area contributed by atoms with Gasteiger partial charge in [-0.1, -0.05) is 49.7 Å². The highest BCUT2D eigenvalue weighted by atomic mass is 16.2. The number of hydrogen-bond acceptors (Lipinski definition) is 1. The third kappa shape index (κ3) is 4.22. The van der Waals surface area contributed by atoms with Gasteiger partial charge in [-0.2, -0.15) is 0 Å². The van der Waals surface area contributed by atoms with E-state index >= 15 is 0 Å². The molecule has 0 bridgehead atoms. The van der Waals surface area contributed by atoms with Crippen LogP contribution in [0.15, 0.2) is 42.5 Å². The molecule has 0 aliphatic carbocycles. The van der Waals surface area contributed by atoms with Gasteiger partial charge in [0.05, 0.1) is 0 Å². The Morgan fingerprint density at radius 1 is 1.00 bits per heavy atom. The lowest BCUT2D eigenvalue weighted by Gasteiger charge is -2.27. The molecule has 0 aliphatic rings. The largest absolute Gasteiger partial charge is 0.308 e. The summed E-state index contributed by atoms with van der Waals surface area (Å²) in [6, 6.07) is 13.9. The van der Waals surface area contributed by atoms with E-state index in [4.69, 9.17) is 0 Å². The highest BCUT2D eigenvalue weighted by Crippen LogP contribution is 2.28. The van der Waals surface area contributed by atoms with E-state index in [0.717, 1.165) is 35.3 Å². The van der Waals surface area contributed by atoms with Crippen LogP contribution >= 0.6 is 0 Å². The number of amides is 1. The van der Waals surface area contributed by atoms with Crippen molar-refractivity contribution in [3.63, 3.8) is 0 Å². The van der Waals surface area contributed by atoms with Crippen molar-refractivity contribution in [2.75, 3.05) is 11.4 Å². The zero-order valence-electron chi connectivity index (χ0n) is 14.9. The van der Waals surface area contributed by atoms with Gasteiger partial charge >= 0.3 is 0 Å². The Morgan fingerprint density at radius 2 is 1.57 bits per heavy atom. The van der Waals surface area contributed by atoms with E-state index in [9.17, 15) is 4.79 Å².